The average molecular weight is 1530 g/mol. The standard InChI is InChI=1S/C81H109N7O18S2/c1-80(2)63-31-12-14-33-68(63)86(48-18-21-51-107(100,101)102)71(80)45-39-58-28-23-29-59(40-46-72-81(3,4)64-32-13-15-34-69(64)87(72)49-19-22-52-108(103,104)105)75(58)106-62-42-37-57(38-43-62)54-67(78(97)98)84-76(94)60(27-17-20-50-88(5,6)7)55-70(90)66(53-56-25-9-8-10-26-56)83-73(91)35-16-11-30-61(89)41-44-65(77(95)96)85-79(99)82-47-24-36-74(92)93/h8-10,12-15,25-26,31-34,37-40,42-43,45-46,60,63,65-68H,11,16-24,27-30,35-36,41,44,47-55H2,1-7H3,(H7-2,82,83,84,85,91,92,93,94,95,96,97,98,99,100,101,102,103,104,105)/p+2/t60-,63?,65+,66+,67+,68?/m1/s1. The van der Waals surface area contributed by atoms with Gasteiger partial charge in [0, 0.05) is 86.8 Å². The predicted octanol–water partition coefficient (Wildman–Crippen LogP) is 10.4. The number of anilines is 1. The maximum Gasteiger partial charge on any atom is 0.326 e. The second-order valence-electron chi connectivity index (χ2n) is 30.8. The van der Waals surface area contributed by atoms with E-state index in [1.54, 1.807) is 36.4 Å². The topological polar surface area (TPSA) is 370 Å². The number of benzene rings is 3. The van der Waals surface area contributed by atoms with Gasteiger partial charge < -0.3 is 50.7 Å². The number of nitrogens with one attached hydrogen (secondary N) is 4. The minimum absolute atomic E-state index is 0.00915. The Bertz CT molecular complexity index is 4150. The molecule has 2 unspecified atom stereocenters. The third-order valence-corrected chi connectivity index (χ3v) is 22.1. The first kappa shape index (κ1) is 86.3. The molecule has 9 N–H and O–H groups in total. The molecule has 7 rings (SSSR count). The summed E-state index contributed by atoms with van der Waals surface area (Å²) in [6.07, 6.45) is 21.7. The number of rotatable bonds is 45. The third-order valence-electron chi connectivity index (χ3n) is 20.4. The Balaban J connectivity index is 1.11. The van der Waals surface area contributed by atoms with Gasteiger partial charge in [-0.2, -0.15) is 16.8 Å². The highest BCUT2D eigenvalue weighted by molar-refractivity contribution is 7.86. The number of ether oxygens (including phenoxy) is 1. The van der Waals surface area contributed by atoms with E-state index >= 15 is 0 Å². The Morgan fingerprint density at radius 3 is 1.98 bits per heavy atom. The minimum atomic E-state index is -4.15. The molecular formula is C81H111N7O18S2+2. The number of para-hydroxylation sites is 1. The predicted molar refractivity (Wildman–Crippen MR) is 414 cm³/mol. The van der Waals surface area contributed by atoms with Crippen molar-refractivity contribution < 1.29 is 93.4 Å². The summed E-state index contributed by atoms with van der Waals surface area (Å²) in [5.41, 5.74) is 6.44. The van der Waals surface area contributed by atoms with Crippen LogP contribution < -0.4 is 30.9 Å². The van der Waals surface area contributed by atoms with Crippen molar-refractivity contribution in [3.8, 4) is 5.75 Å². The van der Waals surface area contributed by atoms with Gasteiger partial charge in [0.05, 0.1) is 56.6 Å². The van der Waals surface area contributed by atoms with Crippen molar-refractivity contribution in [3.63, 3.8) is 0 Å². The summed E-state index contributed by atoms with van der Waals surface area (Å²) in [4.78, 5) is 106. The number of nitrogens with zero attached hydrogens (tertiary/aromatic N) is 3. The Hall–Kier alpha value is -8.89. The van der Waals surface area contributed by atoms with Gasteiger partial charge in [-0.15, -0.1) is 0 Å². The number of hydrogen-bond acceptors (Lipinski definition) is 14. The number of Topliss-reactive ketones (excluding diaryl/α,β-unsaturated/α-hetero) is 2. The molecule has 0 aromatic heterocycles. The summed E-state index contributed by atoms with van der Waals surface area (Å²) in [7, 11) is -2.17. The molecule has 4 amide bonds. The fourth-order valence-corrected chi connectivity index (χ4v) is 15.7. The van der Waals surface area contributed by atoms with Gasteiger partial charge in [0.2, 0.25) is 11.8 Å². The summed E-state index contributed by atoms with van der Waals surface area (Å²) in [6.45, 7) is 10.5. The zero-order valence-corrected chi connectivity index (χ0v) is 65.0. The summed E-state index contributed by atoms with van der Waals surface area (Å²) in [6, 6.07) is 19.5. The van der Waals surface area contributed by atoms with Crippen LogP contribution in [0.15, 0.2) is 150 Å². The number of amides is 4. The SMILES string of the molecule is CC1(C)C(=CC=C2CCCC(C=CC3=[N+](CCCCS(=O)(=O)O)C4C=CC=CC4C3(C)C)=C2Oc2ccc(C[C@H](NC(=O)[C@H](CCCC[N+](C)(C)C)CC(=O)[C@H](Cc3ccccc3)NC(=O)CCCCC(=O)CC[C@H](NC(=O)NCCCC(=O)O)C(=O)O)C(=O)O)cc2)N(CCCCS(=O)(=O)O)c2ccccc21. The first-order chi connectivity index (χ1) is 51.0. The number of fused-ring (bicyclic) bond motifs is 2. The number of carboxylic acids is 3. The maximum atomic E-state index is 14.6. The number of allylic oxidation sites excluding steroid dienone is 9. The first-order valence-electron chi connectivity index (χ1n) is 37.6. The molecule has 0 bridgehead atoms. The van der Waals surface area contributed by atoms with Crippen LogP contribution in [0.3, 0.4) is 0 Å². The molecule has 0 radical (unpaired) electrons. The lowest BCUT2D eigenvalue weighted by Crippen LogP contribution is -2.47. The molecule has 25 nitrogen and oxygen atoms in total. The average Bonchev–Trinajstić information content (AvgIpc) is 1.60. The molecule has 3 aromatic carbocycles. The number of carboxylic acid groups (broad SMARTS) is 3. The zero-order valence-electron chi connectivity index (χ0n) is 63.4. The number of carbonyl (C=O) groups excluding carboxylic acids is 5. The fraction of sp³-hybridized carbons (Fsp3) is 0.519. The highest BCUT2D eigenvalue weighted by atomic mass is 32.2. The van der Waals surface area contributed by atoms with E-state index in [1.807, 2.05) is 57.6 Å². The maximum absolute atomic E-state index is 14.6. The lowest BCUT2D eigenvalue weighted by Gasteiger charge is -2.27. The van der Waals surface area contributed by atoms with E-state index in [-0.39, 0.29) is 131 Å². The summed E-state index contributed by atoms with van der Waals surface area (Å²) < 4.78 is 76.1. The van der Waals surface area contributed by atoms with E-state index < -0.39 is 91.2 Å². The number of urea groups is 1. The highest BCUT2D eigenvalue weighted by Gasteiger charge is 2.52. The van der Waals surface area contributed by atoms with E-state index in [2.05, 4.69) is 113 Å². The molecule has 6 atom stereocenters. The van der Waals surface area contributed by atoms with Crippen LogP contribution in [0.4, 0.5) is 10.5 Å². The largest absolute Gasteiger partial charge is 0.481 e. The summed E-state index contributed by atoms with van der Waals surface area (Å²) in [5.74, 6) is -6.00. The third kappa shape index (κ3) is 27.0. The van der Waals surface area contributed by atoms with Crippen molar-refractivity contribution in [2.45, 2.75) is 192 Å². The number of unbranched alkanes of at least 4 members (excludes halogenated alkanes) is 4. The van der Waals surface area contributed by atoms with Gasteiger partial charge in [-0.05, 0) is 168 Å². The highest BCUT2D eigenvalue weighted by Crippen LogP contribution is 2.48. The molecule has 4 aliphatic rings. The van der Waals surface area contributed by atoms with Gasteiger partial charge in [-0.3, -0.25) is 33.1 Å². The Labute approximate surface area is 635 Å². The van der Waals surface area contributed by atoms with Gasteiger partial charge in [-0.1, -0.05) is 98.8 Å². The molecule has 588 valence electrons. The van der Waals surface area contributed by atoms with E-state index in [9.17, 15) is 74.5 Å². The molecule has 0 saturated carbocycles. The van der Waals surface area contributed by atoms with Crippen LogP contribution in [0.1, 0.15) is 166 Å². The van der Waals surface area contributed by atoms with E-state index in [0.717, 1.165) is 52.3 Å². The van der Waals surface area contributed by atoms with Crippen molar-refractivity contribution >= 4 is 79.0 Å². The Morgan fingerprint density at radius 2 is 1.31 bits per heavy atom. The van der Waals surface area contributed by atoms with E-state index in [1.165, 1.54) is 0 Å². The van der Waals surface area contributed by atoms with Gasteiger partial charge >= 0.3 is 23.9 Å². The van der Waals surface area contributed by atoms with Crippen molar-refractivity contribution in [1.82, 2.24) is 21.3 Å². The molecular weight excluding hydrogens is 1420 g/mol. The second kappa shape index (κ2) is 40.0. The summed E-state index contributed by atoms with van der Waals surface area (Å²) in [5, 5.41) is 39.6. The number of hydrogen-bond donors (Lipinski definition) is 9. The van der Waals surface area contributed by atoms with Gasteiger partial charge in [0.15, 0.2) is 17.5 Å². The van der Waals surface area contributed by atoms with Crippen molar-refractivity contribution in [1.29, 1.82) is 0 Å². The Morgan fingerprint density at radius 1 is 0.657 bits per heavy atom. The van der Waals surface area contributed by atoms with E-state index in [4.69, 9.17) is 9.84 Å². The lowest BCUT2D eigenvalue weighted by molar-refractivity contribution is -0.870. The first-order valence-corrected chi connectivity index (χ1v) is 40.8. The monoisotopic (exact) mass is 1530 g/mol. The van der Waals surface area contributed by atoms with Crippen LogP contribution in [0.2, 0.25) is 0 Å². The molecule has 0 spiro atoms. The molecule has 3 aromatic rings. The normalized spacial score (nSPS) is 18.7. The number of aliphatic carboxylic acids is 3. The van der Waals surface area contributed by atoms with Crippen molar-refractivity contribution in [2.24, 2.45) is 17.3 Å². The lowest BCUT2D eigenvalue weighted by atomic mass is 9.73. The van der Waals surface area contributed by atoms with Crippen LogP contribution in [0.25, 0.3) is 0 Å². The quantitative estimate of drug-likeness (QED) is 0.0110. The molecule has 27 heteroatoms. The molecule has 2 heterocycles. The zero-order chi connectivity index (χ0) is 79.0. The Kier molecular flexibility index (Phi) is 32.0. The fourth-order valence-electron chi connectivity index (χ4n) is 14.6. The van der Waals surface area contributed by atoms with Crippen LogP contribution in [0.5, 0.6) is 5.75 Å². The minimum Gasteiger partial charge on any atom is -0.481 e. The second-order valence-corrected chi connectivity index (χ2v) is 33.9. The number of ketones is 2. The van der Waals surface area contributed by atoms with Crippen LogP contribution in [-0.4, -0.2) is 186 Å². The molecule has 0 fully saturated rings. The van der Waals surface area contributed by atoms with Crippen molar-refractivity contribution in [2.75, 3.05) is 63.7 Å². The molecule has 0 saturated heterocycles. The number of quaternary nitrogens is 1. The van der Waals surface area contributed by atoms with Crippen LogP contribution in [0, 0.1) is 17.3 Å². The smallest absolute Gasteiger partial charge is 0.326 e. The van der Waals surface area contributed by atoms with Crippen LogP contribution >= 0.6 is 0 Å². The van der Waals surface area contributed by atoms with Gasteiger partial charge in [-0.25, -0.2) is 19.0 Å². The molecule has 108 heavy (non-hydrogen) atoms. The number of carbonyl (C=O) groups is 8. The van der Waals surface area contributed by atoms with Crippen molar-refractivity contribution in [3.05, 3.63) is 167 Å². The van der Waals surface area contributed by atoms with Gasteiger partial charge in [0.1, 0.15) is 35.9 Å². The summed E-state index contributed by atoms with van der Waals surface area (Å²) >= 11 is 0. The molecule has 2 aliphatic carbocycles. The van der Waals surface area contributed by atoms with Crippen LogP contribution in [-0.2, 0) is 72.1 Å². The van der Waals surface area contributed by atoms with E-state index in [0.29, 0.717) is 73.2 Å². The van der Waals surface area contributed by atoms with Gasteiger partial charge in [0.25, 0.3) is 20.2 Å². The molecule has 2 aliphatic heterocycles.